The molecule has 1 heterocycles. The lowest BCUT2D eigenvalue weighted by atomic mass is 9.82. The fourth-order valence-corrected chi connectivity index (χ4v) is 9.57. The molecule has 61 heavy (non-hydrogen) atoms. The SMILES string of the molecule is CCCCn1c2ccc(/C(=N/OC(=O)Nc3cccc4ccccc34)C3CCCCC3)cc2c2cc(/C(=N/OC(=O)Nc3cccc4ccccc34)C3CCCCC3)ccc21. The van der Waals surface area contributed by atoms with Crippen LogP contribution < -0.4 is 10.6 Å². The molecule has 0 saturated heterocycles. The van der Waals surface area contributed by atoms with Crippen LogP contribution in [0.2, 0.25) is 0 Å². The van der Waals surface area contributed by atoms with Gasteiger partial charge in [0.25, 0.3) is 0 Å². The van der Waals surface area contributed by atoms with Crippen molar-refractivity contribution in [1.82, 2.24) is 4.57 Å². The van der Waals surface area contributed by atoms with Crippen LogP contribution in [0.4, 0.5) is 21.0 Å². The number of unbranched alkanes of at least 4 members (excludes halogenated alkanes) is 1. The monoisotopic (exact) mass is 811 g/mol. The summed E-state index contributed by atoms with van der Waals surface area (Å²) in [5.41, 5.74) is 7.15. The number of fused-ring (bicyclic) bond motifs is 5. The van der Waals surface area contributed by atoms with E-state index < -0.39 is 12.2 Å². The number of aryl methyl sites for hydroxylation is 1. The Morgan fingerprint density at radius 2 is 1.00 bits per heavy atom. The first kappa shape index (κ1) is 40.0. The van der Waals surface area contributed by atoms with Crippen LogP contribution in [0, 0.1) is 11.8 Å². The fraction of sp³-hybridized carbons (Fsp3) is 0.308. The maximum Gasteiger partial charge on any atom is 0.437 e. The predicted molar refractivity (Wildman–Crippen MR) is 249 cm³/mol. The molecule has 2 amide bonds. The number of benzene rings is 6. The number of carbonyl (C=O) groups excluding carboxylic acids is 2. The number of oxime groups is 2. The minimum Gasteiger partial charge on any atom is -0.340 e. The van der Waals surface area contributed by atoms with E-state index in [1.807, 2.05) is 84.9 Å². The Bertz CT molecular complexity index is 2580. The Kier molecular flexibility index (Phi) is 12.1. The van der Waals surface area contributed by atoms with Crippen molar-refractivity contribution in [3.05, 3.63) is 132 Å². The summed E-state index contributed by atoms with van der Waals surface area (Å²) in [6, 6.07) is 40.7. The third-order valence-corrected chi connectivity index (χ3v) is 12.7. The predicted octanol–water partition coefficient (Wildman–Crippen LogP) is 14.0. The maximum absolute atomic E-state index is 13.3. The van der Waals surface area contributed by atoms with E-state index >= 15 is 0 Å². The summed E-state index contributed by atoms with van der Waals surface area (Å²) >= 11 is 0. The summed E-state index contributed by atoms with van der Waals surface area (Å²) < 4.78 is 2.42. The molecular weight excluding hydrogens is 759 g/mol. The number of aromatic nitrogens is 1. The molecule has 2 aliphatic carbocycles. The average molecular weight is 812 g/mol. The maximum atomic E-state index is 13.3. The van der Waals surface area contributed by atoms with Crippen molar-refractivity contribution in [3.8, 4) is 0 Å². The minimum absolute atomic E-state index is 0.169. The van der Waals surface area contributed by atoms with Crippen LogP contribution in [0.15, 0.2) is 132 Å². The van der Waals surface area contributed by atoms with Gasteiger partial charge < -0.3 is 4.57 Å². The molecular formula is C52H53N5O4. The van der Waals surface area contributed by atoms with Gasteiger partial charge in [-0.3, -0.25) is 20.3 Å². The van der Waals surface area contributed by atoms with Gasteiger partial charge in [0.05, 0.1) is 22.8 Å². The molecule has 0 unspecified atom stereocenters. The van der Waals surface area contributed by atoms with E-state index in [2.05, 4.69) is 68.8 Å². The summed E-state index contributed by atoms with van der Waals surface area (Å²) in [4.78, 5) is 38.1. The Labute approximate surface area is 356 Å². The molecule has 2 saturated carbocycles. The number of nitrogens with zero attached hydrogens (tertiary/aromatic N) is 3. The molecule has 0 atom stereocenters. The second-order valence-corrected chi connectivity index (χ2v) is 16.7. The first-order chi connectivity index (χ1) is 30.0. The molecule has 0 aliphatic heterocycles. The number of amides is 2. The van der Waals surface area contributed by atoms with Gasteiger partial charge in [-0.15, -0.1) is 0 Å². The van der Waals surface area contributed by atoms with Crippen LogP contribution in [0.3, 0.4) is 0 Å². The largest absolute Gasteiger partial charge is 0.437 e. The zero-order valence-corrected chi connectivity index (χ0v) is 34.9. The van der Waals surface area contributed by atoms with Crippen LogP contribution in [0.1, 0.15) is 95.1 Å². The molecule has 6 aromatic carbocycles. The number of rotatable bonds is 11. The normalized spacial score (nSPS) is 15.7. The number of anilines is 2. The molecule has 9 rings (SSSR count). The quantitative estimate of drug-likeness (QED) is 0.0770. The summed E-state index contributed by atoms with van der Waals surface area (Å²) in [5.74, 6) is 0.338. The molecule has 9 heteroatoms. The molecule has 2 N–H and O–H groups in total. The standard InChI is InChI=1S/C52H53N5O4/c1-2-3-32-57-47-30-28-39(49(37-18-6-4-7-19-37)55-60-51(58)53-45-26-14-22-35-16-10-12-24-41(35)45)33-43(47)44-34-40(29-31-48(44)57)50(38-20-8-5-9-21-38)56-61-52(59)54-46-27-15-23-36-17-11-13-25-42(36)46/h10-17,22-31,33-34,37-38H,2-9,18-21,32H2,1H3,(H,53,58)(H,54,59)/b55-49+,56-50+. The third kappa shape index (κ3) is 8.74. The lowest BCUT2D eigenvalue weighted by molar-refractivity contribution is 0.164. The van der Waals surface area contributed by atoms with Crippen molar-refractivity contribution in [2.24, 2.45) is 22.1 Å². The van der Waals surface area contributed by atoms with Crippen LogP contribution in [0.5, 0.6) is 0 Å². The Morgan fingerprint density at radius 1 is 0.557 bits per heavy atom. The topological polar surface area (TPSA) is 106 Å². The van der Waals surface area contributed by atoms with Gasteiger partial charge in [0, 0.05) is 62.1 Å². The third-order valence-electron chi connectivity index (χ3n) is 12.7. The smallest absolute Gasteiger partial charge is 0.340 e. The summed E-state index contributed by atoms with van der Waals surface area (Å²) in [6.07, 6.45) is 11.7. The summed E-state index contributed by atoms with van der Waals surface area (Å²) in [7, 11) is 0. The first-order valence-electron chi connectivity index (χ1n) is 22.2. The van der Waals surface area contributed by atoms with Crippen LogP contribution in [-0.4, -0.2) is 28.2 Å². The number of hydrogen-bond acceptors (Lipinski definition) is 6. The van der Waals surface area contributed by atoms with Gasteiger partial charge in [-0.25, -0.2) is 9.59 Å². The summed E-state index contributed by atoms with van der Waals surface area (Å²) in [6.45, 7) is 3.11. The molecule has 0 spiro atoms. The molecule has 0 bridgehead atoms. The van der Waals surface area contributed by atoms with E-state index in [1.165, 1.54) is 12.8 Å². The molecule has 2 aliphatic rings. The Morgan fingerprint density at radius 3 is 1.46 bits per heavy atom. The second kappa shape index (κ2) is 18.4. The lowest BCUT2D eigenvalue weighted by Gasteiger charge is -2.23. The highest BCUT2D eigenvalue weighted by molar-refractivity contribution is 6.15. The lowest BCUT2D eigenvalue weighted by Crippen LogP contribution is -2.21. The van der Waals surface area contributed by atoms with E-state index in [9.17, 15) is 9.59 Å². The van der Waals surface area contributed by atoms with Gasteiger partial charge in [0.15, 0.2) is 0 Å². The van der Waals surface area contributed by atoms with Gasteiger partial charge in [-0.2, -0.15) is 0 Å². The van der Waals surface area contributed by atoms with E-state index in [-0.39, 0.29) is 11.8 Å². The van der Waals surface area contributed by atoms with Crippen LogP contribution in [-0.2, 0) is 16.2 Å². The highest BCUT2D eigenvalue weighted by atomic mass is 16.7. The average Bonchev–Trinajstić information content (AvgIpc) is 3.61. The number of nitrogens with one attached hydrogen (secondary N) is 2. The van der Waals surface area contributed by atoms with Crippen LogP contribution in [0.25, 0.3) is 43.4 Å². The zero-order chi connectivity index (χ0) is 41.5. The van der Waals surface area contributed by atoms with E-state index in [0.717, 1.165) is 137 Å². The van der Waals surface area contributed by atoms with E-state index in [0.29, 0.717) is 11.4 Å². The first-order valence-corrected chi connectivity index (χ1v) is 22.2. The van der Waals surface area contributed by atoms with Gasteiger partial charge in [-0.1, -0.05) is 147 Å². The van der Waals surface area contributed by atoms with Gasteiger partial charge in [0.1, 0.15) is 0 Å². The molecule has 0 radical (unpaired) electrons. The van der Waals surface area contributed by atoms with Crippen molar-refractivity contribution in [2.45, 2.75) is 90.5 Å². The van der Waals surface area contributed by atoms with Crippen molar-refractivity contribution < 1.29 is 19.3 Å². The number of hydrogen-bond donors (Lipinski definition) is 2. The van der Waals surface area contributed by atoms with Crippen LogP contribution >= 0.6 is 0 Å². The van der Waals surface area contributed by atoms with E-state index in [1.54, 1.807) is 0 Å². The van der Waals surface area contributed by atoms with Gasteiger partial charge >= 0.3 is 12.2 Å². The van der Waals surface area contributed by atoms with Gasteiger partial charge in [0.2, 0.25) is 0 Å². The van der Waals surface area contributed by atoms with Crippen molar-refractivity contribution in [1.29, 1.82) is 0 Å². The van der Waals surface area contributed by atoms with Crippen molar-refractivity contribution in [3.63, 3.8) is 0 Å². The van der Waals surface area contributed by atoms with E-state index in [4.69, 9.17) is 9.68 Å². The Balaban J connectivity index is 1.07. The highest BCUT2D eigenvalue weighted by Gasteiger charge is 2.26. The minimum atomic E-state index is -0.617. The molecule has 1 aromatic heterocycles. The highest BCUT2D eigenvalue weighted by Crippen LogP contribution is 2.36. The Hall–Kier alpha value is -6.48. The molecule has 7 aromatic rings. The zero-order valence-electron chi connectivity index (χ0n) is 34.9. The number of carbonyl (C=O) groups is 2. The van der Waals surface area contributed by atoms with Crippen molar-refractivity contribution >= 4 is 78.3 Å². The summed E-state index contributed by atoms with van der Waals surface area (Å²) in [5, 5.41) is 21.3. The van der Waals surface area contributed by atoms with Gasteiger partial charge in [-0.05, 0) is 79.3 Å². The second-order valence-electron chi connectivity index (χ2n) is 16.7. The molecule has 9 nitrogen and oxygen atoms in total. The molecule has 310 valence electrons. The molecule has 2 fully saturated rings. The van der Waals surface area contributed by atoms with Crippen molar-refractivity contribution in [2.75, 3.05) is 10.6 Å². The fourth-order valence-electron chi connectivity index (χ4n) is 9.57.